The second kappa shape index (κ2) is 6.68. The summed E-state index contributed by atoms with van der Waals surface area (Å²) in [5.41, 5.74) is 0.723. The van der Waals surface area contributed by atoms with Gasteiger partial charge in [-0.05, 0) is 25.0 Å². The van der Waals surface area contributed by atoms with Crippen LogP contribution in [0, 0.1) is 0 Å². The minimum atomic E-state index is -3.25. The van der Waals surface area contributed by atoms with E-state index in [4.69, 9.17) is 5.11 Å². The lowest BCUT2D eigenvalue weighted by Gasteiger charge is -2.16. The van der Waals surface area contributed by atoms with Crippen LogP contribution in [-0.4, -0.2) is 42.2 Å². The molecule has 0 bridgehead atoms. The normalized spacial score (nSPS) is 11.9. The summed E-state index contributed by atoms with van der Waals surface area (Å²) in [6, 6.07) is 5.41. The number of rotatable bonds is 7. The first-order chi connectivity index (χ1) is 8.06. The largest absolute Gasteiger partial charge is 0.396 e. The predicted octanol–water partition coefficient (Wildman–Crippen LogP) is 0.616. The van der Waals surface area contributed by atoms with Crippen molar-refractivity contribution >= 4 is 10.0 Å². The Hall–Kier alpha value is -0.980. The molecule has 0 spiro atoms. The first-order valence-electron chi connectivity index (χ1n) is 5.51. The van der Waals surface area contributed by atoms with Gasteiger partial charge < -0.3 is 5.11 Å². The quantitative estimate of drug-likeness (QED) is 0.728. The van der Waals surface area contributed by atoms with Gasteiger partial charge in [0.15, 0.2) is 0 Å². The number of aliphatic hydroxyl groups excluding tert-OH is 1. The molecule has 0 fully saturated rings. The van der Waals surface area contributed by atoms with Gasteiger partial charge in [0, 0.05) is 19.9 Å². The topological polar surface area (TPSA) is 70.5 Å². The second-order valence-corrected chi connectivity index (χ2v) is 6.02. The molecule has 0 aliphatic rings. The van der Waals surface area contributed by atoms with Crippen LogP contribution >= 0.6 is 0 Å². The zero-order valence-corrected chi connectivity index (χ0v) is 10.7. The molecule has 1 N–H and O–H groups in total. The smallest absolute Gasteiger partial charge is 0.214 e. The summed E-state index contributed by atoms with van der Waals surface area (Å²) in [7, 11) is -1.70. The Morgan fingerprint density at radius 3 is 2.71 bits per heavy atom. The van der Waals surface area contributed by atoms with Crippen molar-refractivity contribution in [2.45, 2.75) is 19.4 Å². The number of pyridine rings is 1. The highest BCUT2D eigenvalue weighted by molar-refractivity contribution is 7.89. The molecular formula is C11H18N2O3S. The lowest BCUT2D eigenvalue weighted by atomic mass is 10.3. The van der Waals surface area contributed by atoms with Crippen LogP contribution in [-0.2, 0) is 16.6 Å². The van der Waals surface area contributed by atoms with Crippen molar-refractivity contribution in [3.63, 3.8) is 0 Å². The molecule has 0 aromatic carbocycles. The Balaban J connectivity index is 2.54. The molecule has 0 saturated heterocycles. The van der Waals surface area contributed by atoms with Gasteiger partial charge in [0.1, 0.15) is 0 Å². The maximum absolute atomic E-state index is 11.8. The third-order valence-corrected chi connectivity index (χ3v) is 4.28. The molecule has 1 aromatic heterocycles. The van der Waals surface area contributed by atoms with Gasteiger partial charge >= 0.3 is 0 Å². The summed E-state index contributed by atoms with van der Waals surface area (Å²) in [4.78, 5) is 4.08. The van der Waals surface area contributed by atoms with E-state index in [1.165, 1.54) is 4.31 Å². The summed E-state index contributed by atoms with van der Waals surface area (Å²) in [6.07, 6.45) is 2.63. The highest BCUT2D eigenvalue weighted by Gasteiger charge is 2.17. The molecule has 0 aliphatic carbocycles. The highest BCUT2D eigenvalue weighted by Crippen LogP contribution is 2.07. The first-order valence-corrected chi connectivity index (χ1v) is 7.12. The number of hydrogen-bond donors (Lipinski definition) is 1. The fourth-order valence-electron chi connectivity index (χ4n) is 1.37. The van der Waals surface area contributed by atoms with E-state index in [1.54, 1.807) is 25.4 Å². The van der Waals surface area contributed by atoms with Crippen molar-refractivity contribution in [3.05, 3.63) is 30.1 Å². The van der Waals surface area contributed by atoms with E-state index < -0.39 is 10.0 Å². The predicted molar refractivity (Wildman–Crippen MR) is 65.8 cm³/mol. The summed E-state index contributed by atoms with van der Waals surface area (Å²) in [5.74, 6) is 0.0664. The van der Waals surface area contributed by atoms with Gasteiger partial charge in [-0.3, -0.25) is 4.98 Å². The average molecular weight is 258 g/mol. The van der Waals surface area contributed by atoms with Crippen molar-refractivity contribution in [1.29, 1.82) is 0 Å². The molecule has 96 valence electrons. The third-order valence-electron chi connectivity index (χ3n) is 2.40. The van der Waals surface area contributed by atoms with Gasteiger partial charge in [-0.2, -0.15) is 4.31 Å². The summed E-state index contributed by atoms with van der Waals surface area (Å²) in [5, 5.41) is 8.62. The fourth-order valence-corrected chi connectivity index (χ4v) is 2.58. The van der Waals surface area contributed by atoms with Crippen LogP contribution in [0.25, 0.3) is 0 Å². The number of hydrogen-bond acceptors (Lipinski definition) is 4. The van der Waals surface area contributed by atoms with Crippen molar-refractivity contribution in [3.8, 4) is 0 Å². The van der Waals surface area contributed by atoms with Gasteiger partial charge in [-0.25, -0.2) is 8.42 Å². The van der Waals surface area contributed by atoms with Gasteiger partial charge in [-0.15, -0.1) is 0 Å². The average Bonchev–Trinajstić information content (AvgIpc) is 2.30. The number of unbranched alkanes of at least 4 members (excludes halogenated alkanes) is 1. The van der Waals surface area contributed by atoms with Crippen molar-refractivity contribution in [2.75, 3.05) is 19.4 Å². The van der Waals surface area contributed by atoms with Crippen molar-refractivity contribution in [1.82, 2.24) is 9.29 Å². The molecule has 0 aliphatic heterocycles. The van der Waals surface area contributed by atoms with E-state index in [2.05, 4.69) is 4.98 Å². The third kappa shape index (κ3) is 4.80. The van der Waals surface area contributed by atoms with Crippen molar-refractivity contribution < 1.29 is 13.5 Å². The Labute approximate surface area is 102 Å². The second-order valence-electron chi connectivity index (χ2n) is 3.82. The molecule has 0 unspecified atom stereocenters. The number of aromatic nitrogens is 1. The minimum absolute atomic E-state index is 0.0273. The zero-order chi connectivity index (χ0) is 12.7. The Morgan fingerprint density at radius 1 is 1.35 bits per heavy atom. The number of nitrogens with zero attached hydrogens (tertiary/aromatic N) is 2. The molecule has 1 rings (SSSR count). The lowest BCUT2D eigenvalue weighted by Crippen LogP contribution is -2.29. The lowest BCUT2D eigenvalue weighted by molar-refractivity contribution is 0.287. The maximum Gasteiger partial charge on any atom is 0.214 e. The molecule has 0 amide bonds. The highest BCUT2D eigenvalue weighted by atomic mass is 32.2. The fraction of sp³-hybridized carbons (Fsp3) is 0.545. The van der Waals surface area contributed by atoms with Crippen LogP contribution in [0.15, 0.2) is 24.4 Å². The van der Waals surface area contributed by atoms with Crippen LogP contribution in [0.4, 0.5) is 0 Å². The number of sulfonamides is 1. The van der Waals surface area contributed by atoms with E-state index in [0.717, 1.165) is 5.69 Å². The van der Waals surface area contributed by atoms with Gasteiger partial charge in [0.25, 0.3) is 0 Å². The van der Waals surface area contributed by atoms with E-state index in [0.29, 0.717) is 12.8 Å². The molecule has 0 atom stereocenters. The van der Waals surface area contributed by atoms with Crippen LogP contribution in [0.5, 0.6) is 0 Å². The number of aliphatic hydroxyl groups is 1. The molecule has 1 heterocycles. The van der Waals surface area contributed by atoms with E-state index in [-0.39, 0.29) is 18.9 Å². The maximum atomic E-state index is 11.8. The van der Waals surface area contributed by atoms with Gasteiger partial charge in [0.05, 0.1) is 18.0 Å². The van der Waals surface area contributed by atoms with E-state index in [1.807, 2.05) is 6.07 Å². The molecule has 1 aromatic rings. The van der Waals surface area contributed by atoms with Crippen LogP contribution in [0.2, 0.25) is 0 Å². The van der Waals surface area contributed by atoms with Gasteiger partial charge in [0.2, 0.25) is 10.0 Å². The molecule has 5 nitrogen and oxygen atoms in total. The molecular weight excluding hydrogens is 240 g/mol. The van der Waals surface area contributed by atoms with E-state index in [9.17, 15) is 8.42 Å². The van der Waals surface area contributed by atoms with E-state index >= 15 is 0 Å². The minimum Gasteiger partial charge on any atom is -0.396 e. The Morgan fingerprint density at radius 2 is 2.12 bits per heavy atom. The van der Waals surface area contributed by atoms with Gasteiger partial charge in [-0.1, -0.05) is 6.07 Å². The summed E-state index contributed by atoms with van der Waals surface area (Å²) < 4.78 is 25.0. The molecule has 6 heteroatoms. The summed E-state index contributed by atoms with van der Waals surface area (Å²) in [6.45, 7) is 0.307. The zero-order valence-electron chi connectivity index (χ0n) is 9.91. The first kappa shape index (κ1) is 14.1. The van der Waals surface area contributed by atoms with Crippen LogP contribution in [0.1, 0.15) is 18.5 Å². The Kier molecular flexibility index (Phi) is 5.54. The van der Waals surface area contributed by atoms with Crippen LogP contribution in [0.3, 0.4) is 0 Å². The monoisotopic (exact) mass is 258 g/mol. The SMILES string of the molecule is CN(Cc1ccccn1)S(=O)(=O)CCCCO. The van der Waals surface area contributed by atoms with Crippen molar-refractivity contribution in [2.24, 2.45) is 0 Å². The van der Waals surface area contributed by atoms with Crippen LogP contribution < -0.4 is 0 Å². The standard InChI is InChI=1S/C11H18N2O3S/c1-13(10-11-6-2-3-7-12-11)17(15,16)9-5-4-8-14/h2-3,6-7,14H,4-5,8-10H2,1H3. The molecule has 0 saturated carbocycles. The molecule has 17 heavy (non-hydrogen) atoms. The molecule has 0 radical (unpaired) electrons. The Bertz CT molecular complexity index is 420. The summed E-state index contributed by atoms with van der Waals surface area (Å²) >= 11 is 0.